The molecular formula is C14H6N4OS. The fraction of sp³-hybridized carbons (Fsp3) is 0.286. The zero-order valence-corrected chi connectivity index (χ0v) is 10.9. The second-order valence-electron chi connectivity index (χ2n) is 4.57. The first-order valence-electron chi connectivity index (χ1n) is 5.77. The van der Waals surface area contributed by atoms with Crippen molar-refractivity contribution >= 4 is 11.8 Å². The van der Waals surface area contributed by atoms with Crippen LogP contribution in [0.1, 0.15) is 11.5 Å². The van der Waals surface area contributed by atoms with Crippen LogP contribution in [-0.2, 0) is 4.74 Å². The van der Waals surface area contributed by atoms with Gasteiger partial charge in [0.2, 0.25) is 0 Å². The summed E-state index contributed by atoms with van der Waals surface area (Å²) in [7, 11) is 0. The van der Waals surface area contributed by atoms with Crippen molar-refractivity contribution in [2.24, 2.45) is 0 Å². The molecule has 0 unspecified atom stereocenters. The second-order valence-corrected chi connectivity index (χ2v) is 5.76. The maximum absolute atomic E-state index is 9.39. The number of rotatable bonds is 0. The van der Waals surface area contributed by atoms with Gasteiger partial charge in [0.25, 0.3) is 11.2 Å². The number of hydrogen-bond acceptors (Lipinski definition) is 6. The molecule has 1 saturated heterocycles. The molecular weight excluding hydrogens is 272 g/mol. The molecule has 1 fully saturated rings. The Morgan fingerprint density at radius 1 is 0.950 bits per heavy atom. The van der Waals surface area contributed by atoms with Gasteiger partial charge in [-0.25, -0.2) is 0 Å². The normalized spacial score (nSPS) is 27.2. The van der Waals surface area contributed by atoms with Crippen LogP contribution >= 0.6 is 11.8 Å². The Kier molecular flexibility index (Phi) is 2.50. The van der Waals surface area contributed by atoms with Crippen LogP contribution in [0.5, 0.6) is 0 Å². The van der Waals surface area contributed by atoms with E-state index in [1.165, 1.54) is 11.8 Å². The second kappa shape index (κ2) is 3.99. The van der Waals surface area contributed by atoms with E-state index in [0.29, 0.717) is 0 Å². The highest BCUT2D eigenvalue weighted by atomic mass is 32.2. The lowest BCUT2D eigenvalue weighted by Gasteiger charge is -2.19. The molecule has 6 heteroatoms. The molecule has 2 heterocycles. The first kappa shape index (κ1) is 12.5. The lowest BCUT2D eigenvalue weighted by Crippen LogP contribution is -2.35. The van der Waals surface area contributed by atoms with Gasteiger partial charge < -0.3 is 4.74 Å². The van der Waals surface area contributed by atoms with E-state index in [9.17, 15) is 21.0 Å². The number of nitrogens with zero attached hydrogens (tertiary/aromatic N) is 4. The number of thioether (sulfide) groups is 1. The fourth-order valence-electron chi connectivity index (χ4n) is 2.75. The van der Waals surface area contributed by atoms with Gasteiger partial charge in [-0.1, -0.05) is 18.2 Å². The van der Waals surface area contributed by atoms with E-state index in [2.05, 4.69) is 0 Å². The van der Waals surface area contributed by atoms with Gasteiger partial charge in [-0.15, -0.1) is 11.8 Å². The maximum atomic E-state index is 9.39. The predicted molar refractivity (Wildman–Crippen MR) is 67.8 cm³/mol. The molecule has 0 aliphatic carbocycles. The van der Waals surface area contributed by atoms with Gasteiger partial charge in [-0.3, -0.25) is 0 Å². The van der Waals surface area contributed by atoms with Gasteiger partial charge >= 0.3 is 0 Å². The largest absolute Gasteiger partial charge is 0.311 e. The van der Waals surface area contributed by atoms with Gasteiger partial charge in [0.1, 0.15) is 24.3 Å². The van der Waals surface area contributed by atoms with Crippen LogP contribution in [-0.4, -0.2) is 16.5 Å². The summed E-state index contributed by atoms with van der Waals surface area (Å²) in [5, 5.41) is 36.9. The van der Waals surface area contributed by atoms with Gasteiger partial charge in [-0.2, -0.15) is 21.0 Å². The third-order valence-electron chi connectivity index (χ3n) is 3.64. The summed E-state index contributed by atoms with van der Waals surface area (Å²) in [6.07, 6.45) is 0. The summed E-state index contributed by atoms with van der Waals surface area (Å²) in [5.74, 6) is -0.599. The Labute approximate surface area is 119 Å². The molecule has 2 atom stereocenters. The Morgan fingerprint density at radius 3 is 2.15 bits per heavy atom. The van der Waals surface area contributed by atoms with Crippen molar-refractivity contribution in [3.8, 4) is 24.3 Å². The monoisotopic (exact) mass is 278 g/mol. The zero-order chi connectivity index (χ0) is 14.4. The van der Waals surface area contributed by atoms with E-state index in [-0.39, 0.29) is 0 Å². The van der Waals surface area contributed by atoms with E-state index in [1.807, 2.05) is 42.5 Å². The molecule has 2 aliphatic heterocycles. The third-order valence-corrected chi connectivity index (χ3v) is 5.12. The molecule has 0 spiro atoms. The molecule has 0 saturated carbocycles. The zero-order valence-electron chi connectivity index (χ0n) is 10.1. The third kappa shape index (κ3) is 1.28. The SMILES string of the molecule is N#CC1(C#N)OC(C#N)(C#N)[C@H]2c3ccccc3S[C@H]21. The average Bonchev–Trinajstić information content (AvgIpc) is 3.02. The first-order chi connectivity index (χ1) is 9.66. The van der Waals surface area contributed by atoms with Crippen molar-refractivity contribution in [1.82, 2.24) is 0 Å². The summed E-state index contributed by atoms with van der Waals surface area (Å²) in [4.78, 5) is 0.885. The lowest BCUT2D eigenvalue weighted by molar-refractivity contribution is 0.0178. The van der Waals surface area contributed by atoms with Crippen LogP contribution in [0.3, 0.4) is 0 Å². The lowest BCUT2D eigenvalue weighted by atomic mass is 9.81. The highest BCUT2D eigenvalue weighted by molar-refractivity contribution is 8.00. The molecule has 2 aliphatic rings. The number of nitriles is 4. The molecule has 0 bridgehead atoms. The van der Waals surface area contributed by atoms with Crippen LogP contribution in [0.15, 0.2) is 29.2 Å². The minimum Gasteiger partial charge on any atom is -0.311 e. The van der Waals surface area contributed by atoms with E-state index < -0.39 is 22.4 Å². The number of benzene rings is 1. The summed E-state index contributed by atoms with van der Waals surface area (Å²) < 4.78 is 5.39. The summed E-state index contributed by atoms with van der Waals surface area (Å²) in [6.45, 7) is 0. The highest BCUT2D eigenvalue weighted by Crippen LogP contribution is 2.60. The molecule has 0 amide bonds. The minimum atomic E-state index is -1.80. The van der Waals surface area contributed by atoms with Crippen LogP contribution in [0.2, 0.25) is 0 Å². The van der Waals surface area contributed by atoms with Crippen LogP contribution in [0.25, 0.3) is 0 Å². The molecule has 20 heavy (non-hydrogen) atoms. The Balaban J connectivity index is 2.27. The molecule has 0 radical (unpaired) electrons. The smallest absolute Gasteiger partial charge is 0.256 e. The van der Waals surface area contributed by atoms with E-state index in [1.54, 1.807) is 6.07 Å². The van der Waals surface area contributed by atoms with Gasteiger partial charge in [0.15, 0.2) is 0 Å². The van der Waals surface area contributed by atoms with Crippen molar-refractivity contribution in [2.45, 2.75) is 27.3 Å². The number of ether oxygens (including phenoxy) is 1. The van der Waals surface area contributed by atoms with Gasteiger partial charge in [0, 0.05) is 4.90 Å². The van der Waals surface area contributed by atoms with Crippen LogP contribution in [0.4, 0.5) is 0 Å². The molecule has 0 N–H and O–H groups in total. The van der Waals surface area contributed by atoms with E-state index >= 15 is 0 Å². The van der Waals surface area contributed by atoms with Gasteiger partial charge in [-0.05, 0) is 11.6 Å². The van der Waals surface area contributed by atoms with E-state index in [0.717, 1.165) is 10.5 Å². The van der Waals surface area contributed by atoms with Gasteiger partial charge in [0.05, 0.1) is 11.2 Å². The molecule has 1 aromatic carbocycles. The molecule has 1 aromatic rings. The maximum Gasteiger partial charge on any atom is 0.256 e. The first-order valence-corrected chi connectivity index (χ1v) is 6.65. The molecule has 0 aromatic heterocycles. The Morgan fingerprint density at radius 2 is 1.55 bits per heavy atom. The average molecular weight is 278 g/mol. The van der Waals surface area contributed by atoms with Crippen molar-refractivity contribution in [3.05, 3.63) is 29.8 Å². The highest BCUT2D eigenvalue weighted by Gasteiger charge is 2.68. The fourth-order valence-corrected chi connectivity index (χ4v) is 4.30. The van der Waals surface area contributed by atoms with Crippen molar-refractivity contribution in [3.63, 3.8) is 0 Å². The topological polar surface area (TPSA) is 104 Å². The van der Waals surface area contributed by atoms with Crippen molar-refractivity contribution < 1.29 is 4.74 Å². The number of fused-ring (bicyclic) bond motifs is 3. The Bertz CT molecular complexity index is 733. The van der Waals surface area contributed by atoms with Crippen molar-refractivity contribution in [1.29, 1.82) is 21.0 Å². The van der Waals surface area contributed by atoms with E-state index in [4.69, 9.17) is 4.74 Å². The molecule has 3 rings (SSSR count). The molecule has 94 valence electrons. The number of hydrogen-bond donors (Lipinski definition) is 0. The Hall–Kier alpha value is -2.51. The standard InChI is InChI=1S/C14H6N4OS/c15-5-13(6-16)11-9-3-1-2-4-10(9)20-12(11)14(7-17,8-18)19-13/h1-4,11-12H/t11-,12+/m0/s1. The van der Waals surface area contributed by atoms with Crippen LogP contribution in [0, 0.1) is 45.3 Å². The molecule has 5 nitrogen and oxygen atoms in total. The summed E-state index contributed by atoms with van der Waals surface area (Å²) in [6, 6.07) is 14.7. The van der Waals surface area contributed by atoms with Crippen molar-refractivity contribution in [2.75, 3.05) is 0 Å². The summed E-state index contributed by atoms with van der Waals surface area (Å²) >= 11 is 1.32. The minimum absolute atomic E-state index is 0.575. The predicted octanol–water partition coefficient (Wildman–Crippen LogP) is 1.85. The van der Waals surface area contributed by atoms with Crippen LogP contribution < -0.4 is 0 Å². The summed E-state index contributed by atoms with van der Waals surface area (Å²) in [5.41, 5.74) is -2.78. The quantitative estimate of drug-likeness (QED) is 0.717.